The monoisotopic (exact) mass is 455 g/mol. The number of rotatable bonds is 8. The molecule has 8 heteroatoms. The van der Waals surface area contributed by atoms with Gasteiger partial charge in [-0.05, 0) is 48.9 Å². The lowest BCUT2D eigenvalue weighted by atomic mass is 10.0. The second-order valence-electron chi connectivity index (χ2n) is 7.73. The van der Waals surface area contributed by atoms with E-state index in [0.717, 1.165) is 29.5 Å². The van der Waals surface area contributed by atoms with Crippen LogP contribution in [-0.2, 0) is 29.1 Å². The van der Waals surface area contributed by atoms with Gasteiger partial charge in [0.2, 0.25) is 20.6 Å². The minimum atomic E-state index is -4.38. The van der Waals surface area contributed by atoms with E-state index in [2.05, 4.69) is 9.97 Å². The molecule has 1 aromatic carbocycles. The summed E-state index contributed by atoms with van der Waals surface area (Å²) in [5.74, 6) is -0.269. The summed E-state index contributed by atoms with van der Waals surface area (Å²) >= 11 is 0. The first-order valence-electron chi connectivity index (χ1n) is 10.9. The second kappa shape index (κ2) is 9.65. The van der Waals surface area contributed by atoms with Crippen LogP contribution in [0.25, 0.3) is 5.69 Å². The normalized spacial score (nSPS) is 11.6. The Kier molecular flexibility index (Phi) is 7.13. The van der Waals surface area contributed by atoms with E-state index in [0.29, 0.717) is 30.8 Å². The van der Waals surface area contributed by atoms with Gasteiger partial charge in [-0.1, -0.05) is 51.5 Å². The Hall–Kier alpha value is -3.00. The van der Waals surface area contributed by atoms with E-state index in [9.17, 15) is 18.3 Å². The maximum absolute atomic E-state index is 13.3. The van der Waals surface area contributed by atoms with Crippen molar-refractivity contribution in [3.63, 3.8) is 0 Å². The summed E-state index contributed by atoms with van der Waals surface area (Å²) in [4.78, 5) is 20.3. The van der Waals surface area contributed by atoms with Gasteiger partial charge in [-0.2, -0.15) is 4.98 Å². The number of aromatic nitrogens is 3. The number of pyridine rings is 1. The number of nitrogens with zero attached hydrogens (tertiary/aromatic N) is 3. The van der Waals surface area contributed by atoms with E-state index in [4.69, 9.17) is 0 Å². The molecule has 0 saturated heterocycles. The van der Waals surface area contributed by atoms with E-state index in [-0.39, 0.29) is 5.03 Å². The highest BCUT2D eigenvalue weighted by Gasteiger charge is 2.31. The highest BCUT2D eigenvalue weighted by Crippen LogP contribution is 2.32. The largest absolute Gasteiger partial charge is 0.493 e. The molecule has 2 aromatic heterocycles. The van der Waals surface area contributed by atoms with E-state index >= 15 is 0 Å². The van der Waals surface area contributed by atoms with Crippen LogP contribution in [0.3, 0.4) is 0 Å². The summed E-state index contributed by atoms with van der Waals surface area (Å²) in [6, 6.07) is 8.74. The van der Waals surface area contributed by atoms with Crippen molar-refractivity contribution in [1.82, 2.24) is 14.5 Å². The fraction of sp³-hybridized carbons (Fsp3) is 0.375. The molecule has 0 fully saturated rings. The van der Waals surface area contributed by atoms with Crippen molar-refractivity contribution in [2.24, 2.45) is 0 Å². The zero-order valence-corrected chi connectivity index (χ0v) is 19.7. The van der Waals surface area contributed by atoms with Crippen LogP contribution in [-0.4, -0.2) is 28.1 Å². The number of aryl methyl sites for hydroxylation is 4. The Bertz CT molecular complexity index is 1260. The molecule has 0 atom stereocenters. The molecular weight excluding hydrogens is 426 g/mol. The zero-order chi connectivity index (χ0) is 23.5. The Morgan fingerprint density at radius 3 is 2.22 bits per heavy atom. The quantitative estimate of drug-likeness (QED) is 0.552. The first kappa shape index (κ1) is 23.7. The predicted molar refractivity (Wildman–Crippen MR) is 123 cm³/mol. The molecule has 0 saturated carbocycles. The Balaban J connectivity index is 2.40. The summed E-state index contributed by atoms with van der Waals surface area (Å²) in [6.45, 7) is 7.78. The van der Waals surface area contributed by atoms with Crippen molar-refractivity contribution in [2.45, 2.75) is 69.7 Å². The molecule has 0 aliphatic carbocycles. The van der Waals surface area contributed by atoms with Crippen molar-refractivity contribution in [2.75, 3.05) is 0 Å². The average Bonchev–Trinajstić information content (AvgIpc) is 2.77. The SMILES string of the molecule is CCCCc1nc(=O)c(S(=O)(=O)c2ccc(C)cn2)c(O)n1-c1c(CC)cccc1CC. The van der Waals surface area contributed by atoms with Gasteiger partial charge < -0.3 is 5.11 Å². The molecule has 3 aromatic rings. The van der Waals surface area contributed by atoms with E-state index in [1.807, 2.05) is 39.0 Å². The molecule has 0 bridgehead atoms. The third kappa shape index (κ3) is 4.32. The molecule has 0 amide bonds. The number of para-hydroxylation sites is 1. The van der Waals surface area contributed by atoms with Gasteiger partial charge in [-0.3, -0.25) is 9.36 Å². The van der Waals surface area contributed by atoms with Crippen molar-refractivity contribution in [3.05, 3.63) is 69.4 Å². The molecule has 1 N–H and O–H groups in total. The first-order chi connectivity index (χ1) is 15.3. The fourth-order valence-electron chi connectivity index (χ4n) is 3.73. The molecule has 7 nitrogen and oxygen atoms in total. The number of unbranched alkanes of at least 4 members (excludes halogenated alkanes) is 1. The number of hydrogen-bond donors (Lipinski definition) is 1. The standard InChI is InChI=1S/C24H29N3O4S/c1-5-8-12-19-26-23(28)22(32(30,31)20-14-13-16(4)15-25-20)24(29)27(19)21-17(6-2)10-9-11-18(21)7-3/h9-11,13-15,29H,5-8,12H2,1-4H3. The Morgan fingerprint density at radius 1 is 1.03 bits per heavy atom. The molecule has 32 heavy (non-hydrogen) atoms. The Labute approximate surface area is 188 Å². The van der Waals surface area contributed by atoms with E-state index in [1.165, 1.54) is 16.8 Å². The molecule has 0 aliphatic heterocycles. The summed E-state index contributed by atoms with van der Waals surface area (Å²) in [5.41, 5.74) is 2.35. The minimum Gasteiger partial charge on any atom is -0.493 e. The third-order valence-corrected chi connectivity index (χ3v) is 7.16. The van der Waals surface area contributed by atoms with Crippen LogP contribution in [0.1, 0.15) is 56.1 Å². The van der Waals surface area contributed by atoms with Gasteiger partial charge in [0.05, 0.1) is 5.69 Å². The van der Waals surface area contributed by atoms with Crippen LogP contribution in [0, 0.1) is 6.92 Å². The van der Waals surface area contributed by atoms with E-state index in [1.54, 1.807) is 13.0 Å². The van der Waals surface area contributed by atoms with Gasteiger partial charge in [0.25, 0.3) is 5.56 Å². The summed E-state index contributed by atoms with van der Waals surface area (Å²) in [6.07, 6.45) is 4.79. The van der Waals surface area contributed by atoms with Crippen LogP contribution >= 0.6 is 0 Å². The summed E-state index contributed by atoms with van der Waals surface area (Å²) in [5, 5.41) is 11.0. The molecule has 2 heterocycles. The molecule has 0 radical (unpaired) electrons. The smallest absolute Gasteiger partial charge is 0.296 e. The molecule has 0 unspecified atom stereocenters. The lowest BCUT2D eigenvalue weighted by molar-refractivity contribution is 0.408. The highest BCUT2D eigenvalue weighted by molar-refractivity contribution is 7.91. The average molecular weight is 456 g/mol. The molecule has 3 rings (SSSR count). The topological polar surface area (TPSA) is 102 Å². The van der Waals surface area contributed by atoms with Crippen molar-refractivity contribution in [3.8, 4) is 11.6 Å². The fourth-order valence-corrected chi connectivity index (χ4v) is 4.99. The maximum atomic E-state index is 13.3. The number of sulfone groups is 1. The van der Waals surface area contributed by atoms with Crippen LogP contribution in [0.4, 0.5) is 0 Å². The van der Waals surface area contributed by atoms with Gasteiger partial charge in [0, 0.05) is 12.6 Å². The lowest BCUT2D eigenvalue weighted by Crippen LogP contribution is -2.26. The molecule has 0 aliphatic rings. The maximum Gasteiger partial charge on any atom is 0.296 e. The van der Waals surface area contributed by atoms with Crippen molar-refractivity contribution in [1.29, 1.82) is 0 Å². The van der Waals surface area contributed by atoms with Crippen molar-refractivity contribution >= 4 is 9.84 Å². The van der Waals surface area contributed by atoms with Gasteiger partial charge >= 0.3 is 0 Å². The lowest BCUT2D eigenvalue weighted by Gasteiger charge is -2.22. The molecular formula is C24H29N3O4S. The summed E-state index contributed by atoms with van der Waals surface area (Å²) < 4.78 is 28.1. The van der Waals surface area contributed by atoms with E-state index < -0.39 is 26.2 Å². The second-order valence-corrected chi connectivity index (χ2v) is 9.57. The molecule has 0 spiro atoms. The van der Waals surface area contributed by atoms with Gasteiger partial charge in [-0.15, -0.1) is 0 Å². The van der Waals surface area contributed by atoms with Gasteiger partial charge in [0.1, 0.15) is 5.82 Å². The van der Waals surface area contributed by atoms with Crippen LogP contribution in [0.15, 0.2) is 51.2 Å². The summed E-state index contributed by atoms with van der Waals surface area (Å²) in [7, 11) is -4.38. The van der Waals surface area contributed by atoms with Crippen LogP contribution in [0.2, 0.25) is 0 Å². The first-order valence-corrected chi connectivity index (χ1v) is 12.4. The Morgan fingerprint density at radius 2 is 1.69 bits per heavy atom. The number of benzene rings is 1. The predicted octanol–water partition coefficient (Wildman–Crippen LogP) is 3.94. The van der Waals surface area contributed by atoms with Gasteiger partial charge in [-0.25, -0.2) is 13.4 Å². The zero-order valence-electron chi connectivity index (χ0n) is 18.9. The minimum absolute atomic E-state index is 0.301. The molecule has 170 valence electrons. The third-order valence-electron chi connectivity index (χ3n) is 5.47. The van der Waals surface area contributed by atoms with Crippen LogP contribution in [0.5, 0.6) is 5.88 Å². The number of hydrogen-bond acceptors (Lipinski definition) is 6. The van der Waals surface area contributed by atoms with Crippen molar-refractivity contribution < 1.29 is 13.5 Å². The van der Waals surface area contributed by atoms with Crippen LogP contribution < -0.4 is 5.56 Å². The highest BCUT2D eigenvalue weighted by atomic mass is 32.2. The van der Waals surface area contributed by atoms with Gasteiger partial charge in [0.15, 0.2) is 5.03 Å². The number of aromatic hydroxyl groups is 1.